The monoisotopic (exact) mass is 433 g/mol. The number of dihydropyridines is 1. The summed E-state index contributed by atoms with van der Waals surface area (Å²) < 4.78 is 19.6. The highest BCUT2D eigenvalue weighted by Crippen LogP contribution is 2.42. The number of nitrogens with zero attached hydrogens (tertiary/aromatic N) is 2. The normalized spacial score (nSPS) is 16.3. The second-order valence-electron chi connectivity index (χ2n) is 7.19. The van der Waals surface area contributed by atoms with Crippen LogP contribution in [0.4, 0.5) is 4.39 Å². The van der Waals surface area contributed by atoms with Gasteiger partial charge >= 0.3 is 5.97 Å². The van der Waals surface area contributed by atoms with Gasteiger partial charge in [-0.25, -0.2) is 14.2 Å². The standard InChI is InChI=1S/C24H20FN3O2S/c1-4-30-24(29)20-14(3)27-13(2)18(12-26)21(20)17-6-5-7-19-22(17)28-23(31-19)15-8-10-16(25)11-9-15/h5-11,21,27H,4H2,1-3H3. The Labute approximate surface area is 183 Å². The molecule has 1 atom stereocenters. The highest BCUT2D eigenvalue weighted by Gasteiger charge is 2.35. The van der Waals surface area contributed by atoms with Crippen molar-refractivity contribution >= 4 is 27.5 Å². The number of rotatable bonds is 4. The molecule has 0 radical (unpaired) electrons. The first kappa shape index (κ1) is 20.8. The van der Waals surface area contributed by atoms with Crippen LogP contribution >= 0.6 is 11.3 Å². The van der Waals surface area contributed by atoms with Gasteiger partial charge in [0.2, 0.25) is 0 Å². The average Bonchev–Trinajstić information content (AvgIpc) is 3.18. The number of nitrogens with one attached hydrogen (secondary N) is 1. The first-order valence-corrected chi connectivity index (χ1v) is 10.7. The maximum absolute atomic E-state index is 13.3. The molecule has 1 aromatic heterocycles. The predicted molar refractivity (Wildman–Crippen MR) is 119 cm³/mol. The van der Waals surface area contributed by atoms with Crippen molar-refractivity contribution in [2.75, 3.05) is 6.61 Å². The van der Waals surface area contributed by atoms with Crippen LogP contribution < -0.4 is 5.32 Å². The number of allylic oxidation sites excluding steroid dienone is 3. The molecule has 4 rings (SSSR count). The number of halogens is 1. The highest BCUT2D eigenvalue weighted by atomic mass is 32.1. The van der Waals surface area contributed by atoms with Crippen molar-refractivity contribution in [1.82, 2.24) is 10.3 Å². The van der Waals surface area contributed by atoms with E-state index in [-0.39, 0.29) is 12.4 Å². The number of para-hydroxylation sites is 1. The molecule has 1 aliphatic heterocycles. The molecule has 156 valence electrons. The van der Waals surface area contributed by atoms with E-state index in [1.54, 1.807) is 19.1 Å². The number of aromatic nitrogens is 1. The number of benzene rings is 2. The Hall–Kier alpha value is -3.50. The molecule has 0 bridgehead atoms. The summed E-state index contributed by atoms with van der Waals surface area (Å²) in [5, 5.41) is 13.8. The zero-order valence-corrected chi connectivity index (χ0v) is 18.1. The van der Waals surface area contributed by atoms with Gasteiger partial charge in [-0.1, -0.05) is 12.1 Å². The maximum Gasteiger partial charge on any atom is 0.336 e. The lowest BCUT2D eigenvalue weighted by Crippen LogP contribution is -2.28. The van der Waals surface area contributed by atoms with E-state index in [2.05, 4.69) is 11.4 Å². The van der Waals surface area contributed by atoms with Crippen LogP contribution in [0.25, 0.3) is 20.8 Å². The second-order valence-corrected chi connectivity index (χ2v) is 8.22. The third-order valence-corrected chi connectivity index (χ3v) is 6.30. The molecule has 1 N–H and O–H groups in total. The van der Waals surface area contributed by atoms with E-state index in [1.807, 2.05) is 32.0 Å². The van der Waals surface area contributed by atoms with Crippen molar-refractivity contribution in [2.45, 2.75) is 26.7 Å². The number of carbonyl (C=O) groups is 1. The third-order valence-electron chi connectivity index (χ3n) is 5.23. The molecular formula is C24H20FN3O2S. The lowest BCUT2D eigenvalue weighted by Gasteiger charge is -2.28. The summed E-state index contributed by atoms with van der Waals surface area (Å²) in [4.78, 5) is 17.7. The quantitative estimate of drug-likeness (QED) is 0.556. The molecule has 3 aromatic rings. The number of ether oxygens (including phenoxy) is 1. The molecule has 1 aliphatic rings. The Morgan fingerprint density at radius 3 is 2.65 bits per heavy atom. The number of fused-ring (bicyclic) bond motifs is 1. The molecule has 2 aromatic carbocycles. The van der Waals surface area contributed by atoms with Crippen LogP contribution in [0.5, 0.6) is 0 Å². The highest BCUT2D eigenvalue weighted by molar-refractivity contribution is 7.21. The van der Waals surface area contributed by atoms with Crippen molar-refractivity contribution in [3.63, 3.8) is 0 Å². The van der Waals surface area contributed by atoms with Crippen LogP contribution in [-0.4, -0.2) is 17.6 Å². The number of hydrogen-bond acceptors (Lipinski definition) is 6. The summed E-state index contributed by atoms with van der Waals surface area (Å²) in [6.45, 7) is 5.62. The number of nitriles is 1. The van der Waals surface area contributed by atoms with Crippen molar-refractivity contribution in [3.05, 3.63) is 76.4 Å². The van der Waals surface area contributed by atoms with E-state index < -0.39 is 11.9 Å². The minimum atomic E-state index is -0.586. The maximum atomic E-state index is 13.3. The van der Waals surface area contributed by atoms with Crippen molar-refractivity contribution < 1.29 is 13.9 Å². The molecule has 5 nitrogen and oxygen atoms in total. The van der Waals surface area contributed by atoms with Crippen molar-refractivity contribution in [1.29, 1.82) is 5.26 Å². The van der Waals surface area contributed by atoms with Gasteiger partial charge in [-0.15, -0.1) is 11.3 Å². The topological polar surface area (TPSA) is 75.0 Å². The molecule has 1 unspecified atom stereocenters. The fraction of sp³-hybridized carbons (Fsp3) is 0.208. The molecule has 0 saturated carbocycles. The molecule has 0 spiro atoms. The van der Waals surface area contributed by atoms with Gasteiger partial charge in [-0.3, -0.25) is 0 Å². The van der Waals surface area contributed by atoms with Gasteiger partial charge in [-0.05, 0) is 56.7 Å². The third kappa shape index (κ3) is 3.71. The largest absolute Gasteiger partial charge is 0.463 e. The summed E-state index contributed by atoms with van der Waals surface area (Å²) in [5.74, 6) is -1.35. The second kappa shape index (κ2) is 8.32. The van der Waals surface area contributed by atoms with E-state index in [9.17, 15) is 14.4 Å². The lowest BCUT2D eigenvalue weighted by atomic mass is 9.80. The number of esters is 1. The molecular weight excluding hydrogens is 413 g/mol. The van der Waals surface area contributed by atoms with Gasteiger partial charge in [-0.2, -0.15) is 5.26 Å². The summed E-state index contributed by atoms with van der Waals surface area (Å²) >= 11 is 1.48. The average molecular weight is 434 g/mol. The Bertz CT molecular complexity index is 1280. The van der Waals surface area contributed by atoms with Gasteiger partial charge in [0.05, 0.1) is 40.0 Å². The summed E-state index contributed by atoms with van der Waals surface area (Å²) in [6.07, 6.45) is 0. The van der Waals surface area contributed by atoms with Crippen LogP contribution in [0.1, 0.15) is 32.3 Å². The lowest BCUT2D eigenvalue weighted by molar-refractivity contribution is -0.138. The smallest absolute Gasteiger partial charge is 0.336 e. The molecule has 2 heterocycles. The van der Waals surface area contributed by atoms with E-state index in [0.717, 1.165) is 20.8 Å². The SMILES string of the molecule is CCOC(=O)C1=C(C)NC(C)=C(C#N)C1c1cccc2sc(-c3ccc(F)cc3)nc12. The molecule has 7 heteroatoms. The van der Waals surface area contributed by atoms with Crippen LogP contribution in [0, 0.1) is 17.1 Å². The van der Waals surface area contributed by atoms with Crippen LogP contribution in [0.3, 0.4) is 0 Å². The van der Waals surface area contributed by atoms with Crippen molar-refractivity contribution in [2.24, 2.45) is 0 Å². The molecule has 31 heavy (non-hydrogen) atoms. The summed E-state index contributed by atoms with van der Waals surface area (Å²) in [6, 6.07) is 14.2. The fourth-order valence-electron chi connectivity index (χ4n) is 3.85. The number of carbonyl (C=O) groups excluding carboxylic acids is 1. The van der Waals surface area contributed by atoms with Crippen molar-refractivity contribution in [3.8, 4) is 16.6 Å². The molecule has 0 amide bonds. The van der Waals surface area contributed by atoms with E-state index >= 15 is 0 Å². The predicted octanol–water partition coefficient (Wildman–Crippen LogP) is 5.42. The van der Waals surface area contributed by atoms with Gasteiger partial charge in [0.25, 0.3) is 0 Å². The summed E-state index contributed by atoms with van der Waals surface area (Å²) in [7, 11) is 0. The fourth-order valence-corrected chi connectivity index (χ4v) is 4.86. The van der Waals surface area contributed by atoms with Gasteiger partial charge in [0, 0.05) is 17.0 Å². The Morgan fingerprint density at radius 2 is 1.97 bits per heavy atom. The van der Waals surface area contributed by atoms with Gasteiger partial charge in [0.15, 0.2) is 0 Å². The molecule has 0 aliphatic carbocycles. The molecule has 0 fully saturated rings. The van der Waals surface area contributed by atoms with Gasteiger partial charge < -0.3 is 10.1 Å². The molecule has 0 saturated heterocycles. The Kier molecular flexibility index (Phi) is 5.57. The van der Waals surface area contributed by atoms with E-state index in [1.165, 1.54) is 23.5 Å². The van der Waals surface area contributed by atoms with Crippen LogP contribution in [0.2, 0.25) is 0 Å². The van der Waals surface area contributed by atoms with E-state index in [4.69, 9.17) is 9.72 Å². The zero-order valence-electron chi connectivity index (χ0n) is 17.3. The number of hydrogen-bond donors (Lipinski definition) is 1. The number of thiazole rings is 1. The zero-order chi connectivity index (χ0) is 22.1. The summed E-state index contributed by atoms with van der Waals surface area (Å²) in [5.41, 5.74) is 4.51. The van der Waals surface area contributed by atoms with E-state index in [0.29, 0.717) is 28.1 Å². The first-order chi connectivity index (χ1) is 14.9. The van der Waals surface area contributed by atoms with Gasteiger partial charge in [0.1, 0.15) is 10.8 Å². The Balaban J connectivity index is 1.92. The Morgan fingerprint density at radius 1 is 1.23 bits per heavy atom. The minimum Gasteiger partial charge on any atom is -0.463 e. The minimum absolute atomic E-state index is 0.239. The van der Waals surface area contributed by atoms with Crippen LogP contribution in [0.15, 0.2) is 65.0 Å². The van der Waals surface area contributed by atoms with Crippen LogP contribution in [-0.2, 0) is 9.53 Å². The first-order valence-electron chi connectivity index (χ1n) is 9.85.